The van der Waals surface area contributed by atoms with Crippen molar-refractivity contribution in [1.29, 1.82) is 0 Å². The molecule has 0 radical (unpaired) electrons. The van der Waals surface area contributed by atoms with Gasteiger partial charge in [-0.3, -0.25) is 14.3 Å². The lowest BCUT2D eigenvalue weighted by Crippen LogP contribution is -2.53. The molecule has 184 valence electrons. The zero-order valence-corrected chi connectivity index (χ0v) is 21.1. The predicted molar refractivity (Wildman–Crippen MR) is 131 cm³/mol. The lowest BCUT2D eigenvalue weighted by molar-refractivity contribution is -0.137. The fourth-order valence-electron chi connectivity index (χ4n) is 4.96. The minimum absolute atomic E-state index is 0.0375. The van der Waals surface area contributed by atoms with Gasteiger partial charge in [-0.25, -0.2) is 0 Å². The van der Waals surface area contributed by atoms with Crippen LogP contribution in [0.4, 0.5) is 0 Å². The molecule has 0 spiro atoms. The summed E-state index contributed by atoms with van der Waals surface area (Å²) in [5.41, 5.74) is 0.860. The average Bonchev–Trinajstić information content (AvgIpc) is 3.15. The number of aryl methyl sites for hydroxylation is 2. The molecule has 9 heteroatoms. The van der Waals surface area contributed by atoms with E-state index in [4.69, 9.17) is 16.3 Å². The molecule has 2 aromatic rings. The molecule has 0 aliphatic carbocycles. The van der Waals surface area contributed by atoms with Crippen molar-refractivity contribution in [3.05, 3.63) is 46.7 Å². The summed E-state index contributed by atoms with van der Waals surface area (Å²) < 4.78 is 7.84. The number of carbonyl (C=O) groups excluding carboxylic acids is 2. The third kappa shape index (κ3) is 5.73. The van der Waals surface area contributed by atoms with Crippen LogP contribution in [-0.2, 0) is 11.8 Å². The monoisotopic (exact) mass is 487 g/mol. The predicted octanol–water partition coefficient (Wildman–Crippen LogP) is 2.85. The fourth-order valence-corrected chi connectivity index (χ4v) is 5.14. The highest BCUT2D eigenvalue weighted by molar-refractivity contribution is 6.30. The number of aromatic nitrogens is 2. The molecule has 1 aromatic carbocycles. The van der Waals surface area contributed by atoms with Gasteiger partial charge >= 0.3 is 0 Å². The van der Waals surface area contributed by atoms with Crippen LogP contribution < -0.4 is 4.74 Å². The summed E-state index contributed by atoms with van der Waals surface area (Å²) in [6.45, 7) is 6.56. The summed E-state index contributed by atoms with van der Waals surface area (Å²) in [7, 11) is 3.89. The quantitative estimate of drug-likeness (QED) is 0.626. The Morgan fingerprint density at radius 2 is 1.88 bits per heavy atom. The molecule has 2 fully saturated rings. The Labute approximate surface area is 206 Å². The normalized spacial score (nSPS) is 21.5. The van der Waals surface area contributed by atoms with Crippen LogP contribution in [0.1, 0.15) is 35.3 Å². The number of piperazine rings is 1. The minimum Gasteiger partial charge on any atom is -0.493 e. The Kier molecular flexibility index (Phi) is 7.48. The Bertz CT molecular complexity index is 1030. The maximum Gasteiger partial charge on any atom is 0.257 e. The molecular weight excluding hydrogens is 454 g/mol. The number of benzene rings is 1. The first-order valence-corrected chi connectivity index (χ1v) is 12.3. The van der Waals surface area contributed by atoms with Crippen LogP contribution in [0.3, 0.4) is 0 Å². The molecule has 2 aliphatic heterocycles. The summed E-state index contributed by atoms with van der Waals surface area (Å²) in [6.07, 6.45) is 3.77. The van der Waals surface area contributed by atoms with Gasteiger partial charge in [-0.1, -0.05) is 17.7 Å². The van der Waals surface area contributed by atoms with Crippen LogP contribution in [0.2, 0.25) is 5.02 Å². The van der Waals surface area contributed by atoms with E-state index in [9.17, 15) is 9.59 Å². The Morgan fingerprint density at radius 1 is 1.12 bits per heavy atom. The number of halogens is 1. The highest BCUT2D eigenvalue weighted by Gasteiger charge is 2.41. The third-order valence-corrected chi connectivity index (χ3v) is 7.15. The first kappa shape index (κ1) is 24.5. The van der Waals surface area contributed by atoms with E-state index < -0.39 is 5.41 Å². The second-order valence-corrected chi connectivity index (χ2v) is 10.2. The summed E-state index contributed by atoms with van der Waals surface area (Å²) in [6, 6.07) is 7.30. The van der Waals surface area contributed by atoms with Gasteiger partial charge in [0.2, 0.25) is 5.91 Å². The van der Waals surface area contributed by atoms with Crippen molar-refractivity contribution in [2.24, 2.45) is 12.5 Å². The molecule has 4 rings (SSSR count). The van der Waals surface area contributed by atoms with E-state index in [0.29, 0.717) is 48.1 Å². The van der Waals surface area contributed by atoms with E-state index in [0.717, 1.165) is 39.0 Å². The molecule has 0 bridgehead atoms. The van der Waals surface area contributed by atoms with Crippen LogP contribution in [0.5, 0.6) is 5.75 Å². The number of amides is 2. The number of likely N-dealkylation sites (N-methyl/N-ethyl adjacent to an activating group) is 1. The van der Waals surface area contributed by atoms with Gasteiger partial charge in [0.05, 0.1) is 17.9 Å². The summed E-state index contributed by atoms with van der Waals surface area (Å²) >= 11 is 6.14. The lowest BCUT2D eigenvalue weighted by Gasteiger charge is -2.43. The van der Waals surface area contributed by atoms with Crippen LogP contribution >= 0.6 is 11.6 Å². The first-order chi connectivity index (χ1) is 16.2. The number of rotatable bonds is 6. The molecule has 2 aliphatic rings. The number of ether oxygens (including phenoxy) is 1. The first-order valence-electron chi connectivity index (χ1n) is 11.9. The van der Waals surface area contributed by atoms with Crippen LogP contribution in [0.15, 0.2) is 30.5 Å². The fraction of sp³-hybridized carbons (Fsp3) is 0.560. The molecule has 2 saturated heterocycles. The van der Waals surface area contributed by atoms with Crippen molar-refractivity contribution in [2.45, 2.75) is 26.2 Å². The maximum absolute atomic E-state index is 13.4. The molecule has 0 unspecified atom stereocenters. The van der Waals surface area contributed by atoms with Crippen molar-refractivity contribution < 1.29 is 14.3 Å². The lowest BCUT2D eigenvalue weighted by atomic mass is 9.77. The van der Waals surface area contributed by atoms with Crippen LogP contribution in [0.25, 0.3) is 0 Å². The van der Waals surface area contributed by atoms with Gasteiger partial charge in [-0.2, -0.15) is 5.10 Å². The zero-order chi connectivity index (χ0) is 24.3. The molecule has 1 atom stereocenters. The molecule has 3 heterocycles. The molecule has 1 aromatic heterocycles. The van der Waals surface area contributed by atoms with Crippen molar-refractivity contribution in [3.63, 3.8) is 0 Å². The van der Waals surface area contributed by atoms with Crippen molar-refractivity contribution >= 4 is 23.4 Å². The van der Waals surface area contributed by atoms with Crippen molar-refractivity contribution in [3.8, 4) is 5.75 Å². The topological polar surface area (TPSA) is 70.9 Å². The Hall–Kier alpha value is -2.58. The van der Waals surface area contributed by atoms with E-state index in [2.05, 4.69) is 17.0 Å². The van der Waals surface area contributed by atoms with Crippen molar-refractivity contribution in [2.75, 3.05) is 52.9 Å². The minimum atomic E-state index is -0.466. The van der Waals surface area contributed by atoms with Gasteiger partial charge in [0, 0.05) is 69.4 Å². The number of nitrogens with zero attached hydrogens (tertiary/aromatic N) is 5. The van der Waals surface area contributed by atoms with Gasteiger partial charge in [0.15, 0.2) is 0 Å². The van der Waals surface area contributed by atoms with Crippen LogP contribution in [0, 0.1) is 12.3 Å². The molecule has 2 amide bonds. The van der Waals surface area contributed by atoms with Crippen LogP contribution in [-0.4, -0.2) is 89.2 Å². The second-order valence-electron chi connectivity index (χ2n) is 9.74. The second kappa shape index (κ2) is 10.4. The summed E-state index contributed by atoms with van der Waals surface area (Å²) in [4.78, 5) is 32.8. The Morgan fingerprint density at radius 3 is 2.56 bits per heavy atom. The Balaban J connectivity index is 1.53. The largest absolute Gasteiger partial charge is 0.493 e. The van der Waals surface area contributed by atoms with E-state index in [-0.39, 0.29) is 11.8 Å². The molecular formula is C25H34ClN5O3. The van der Waals surface area contributed by atoms with Gasteiger partial charge in [0.25, 0.3) is 5.91 Å². The van der Waals surface area contributed by atoms with E-state index >= 15 is 0 Å². The number of likely N-dealkylation sites (tertiary alicyclic amines) is 1. The third-order valence-electron chi connectivity index (χ3n) is 6.92. The number of hydrogen-bond acceptors (Lipinski definition) is 5. The molecule has 0 N–H and O–H groups in total. The highest BCUT2D eigenvalue weighted by atomic mass is 35.5. The summed E-state index contributed by atoms with van der Waals surface area (Å²) in [5, 5.41) is 4.93. The maximum atomic E-state index is 13.4. The average molecular weight is 488 g/mol. The van der Waals surface area contributed by atoms with Crippen molar-refractivity contribution in [1.82, 2.24) is 24.5 Å². The van der Waals surface area contributed by atoms with E-state index in [1.807, 2.05) is 35.9 Å². The van der Waals surface area contributed by atoms with Gasteiger partial charge in [-0.05, 0) is 45.0 Å². The van der Waals surface area contributed by atoms with E-state index in [1.54, 1.807) is 23.0 Å². The van der Waals surface area contributed by atoms with Gasteiger partial charge < -0.3 is 19.4 Å². The number of carbonyl (C=O) groups is 2. The molecule has 0 saturated carbocycles. The molecule has 8 nitrogen and oxygen atoms in total. The number of hydrogen-bond donors (Lipinski definition) is 0. The molecule has 34 heavy (non-hydrogen) atoms. The van der Waals surface area contributed by atoms with Gasteiger partial charge in [-0.15, -0.1) is 0 Å². The smallest absolute Gasteiger partial charge is 0.257 e. The zero-order valence-electron chi connectivity index (χ0n) is 20.3. The standard InChI is InChI=1S/C25H34ClN5O3/c1-19-22(16-29(3)27-19)24(33)31-9-5-8-25(17-31,18-34-21-7-4-6-20(26)14-21)15-23(32)30-12-10-28(2)11-13-30/h4,6-7,14,16H,5,8-13,15,17-18H2,1-3H3/t25-/m1/s1. The SMILES string of the molecule is Cc1nn(C)cc1C(=O)N1CCC[C@@](COc2cccc(Cl)c2)(CC(=O)N2CCN(C)CC2)C1. The number of piperidine rings is 1. The summed E-state index contributed by atoms with van der Waals surface area (Å²) in [5.74, 6) is 0.768. The van der Waals surface area contributed by atoms with E-state index in [1.165, 1.54) is 0 Å². The highest BCUT2D eigenvalue weighted by Crippen LogP contribution is 2.36. The van der Waals surface area contributed by atoms with Gasteiger partial charge in [0.1, 0.15) is 5.75 Å².